The number of anilines is 4. The molecular weight excluding hydrogens is 587 g/mol. The first-order valence-corrected chi connectivity index (χ1v) is 15.5. The topological polar surface area (TPSA) is 117 Å². The van der Waals surface area contributed by atoms with Crippen LogP contribution in [0.25, 0.3) is 10.9 Å². The van der Waals surface area contributed by atoms with Crippen molar-refractivity contribution >= 4 is 39.8 Å². The van der Waals surface area contributed by atoms with Crippen LogP contribution in [-0.2, 0) is 4.79 Å². The van der Waals surface area contributed by atoms with Gasteiger partial charge in [-0.25, -0.2) is 19.3 Å². The summed E-state index contributed by atoms with van der Waals surface area (Å²) in [6, 6.07) is 12.5. The Morgan fingerprint density at radius 2 is 1.67 bits per heavy atom. The second-order valence-electron chi connectivity index (χ2n) is 11.7. The number of aromatic nitrogens is 3. The molecular formula is C34H39FN8O3. The van der Waals surface area contributed by atoms with Gasteiger partial charge in [0.05, 0.1) is 24.0 Å². The predicted molar refractivity (Wildman–Crippen MR) is 178 cm³/mol. The number of halogens is 1. The molecule has 46 heavy (non-hydrogen) atoms. The molecule has 2 aliphatic rings. The van der Waals surface area contributed by atoms with Gasteiger partial charge >= 0.3 is 0 Å². The van der Waals surface area contributed by atoms with E-state index < -0.39 is 5.82 Å². The number of nitrogens with zero attached hydrogens (tertiary/aromatic N) is 5. The molecule has 2 fully saturated rings. The first-order valence-electron chi connectivity index (χ1n) is 15.5. The van der Waals surface area contributed by atoms with Crippen LogP contribution in [-0.4, -0.2) is 83.1 Å². The summed E-state index contributed by atoms with van der Waals surface area (Å²) < 4.78 is 27.0. The number of ether oxygens (including phenoxy) is 2. The molecule has 0 bridgehead atoms. The molecule has 2 saturated heterocycles. The third kappa shape index (κ3) is 7.28. The van der Waals surface area contributed by atoms with Crippen molar-refractivity contribution in [3.63, 3.8) is 0 Å². The highest BCUT2D eigenvalue weighted by molar-refractivity contribution is 5.95. The van der Waals surface area contributed by atoms with Crippen molar-refractivity contribution in [3.8, 4) is 17.2 Å². The molecule has 0 atom stereocenters. The summed E-state index contributed by atoms with van der Waals surface area (Å²) in [5, 5.41) is 10.9. The minimum atomic E-state index is -0.490. The van der Waals surface area contributed by atoms with E-state index >= 15 is 4.39 Å². The van der Waals surface area contributed by atoms with E-state index in [-0.39, 0.29) is 17.6 Å². The van der Waals surface area contributed by atoms with Crippen LogP contribution in [0.3, 0.4) is 0 Å². The van der Waals surface area contributed by atoms with Crippen LogP contribution in [0.5, 0.6) is 17.2 Å². The maximum atomic E-state index is 15.4. The number of fused-ring (bicyclic) bond motifs is 1. The van der Waals surface area contributed by atoms with E-state index in [0.717, 1.165) is 50.3 Å². The number of pyridine rings is 1. The summed E-state index contributed by atoms with van der Waals surface area (Å²) in [6.45, 7) is 6.96. The summed E-state index contributed by atoms with van der Waals surface area (Å²) >= 11 is 0. The standard InChI is InChI=1S/C34H39FN8O3/c1-4-33(44)43-15-10-22(11-16-43)39-30-19-26-29(20-31(30)45-3)37-21-38-34(26)41-28-6-5-24(17-27(28)35)46-25-7-12-36-32(18-25)40-23-8-13-42(2)14-9-23/h4-7,12,17-23,39H,1,8-11,13-16H2,2-3H3,(H,36,40)(H,37,38,41). The molecule has 12 heteroatoms. The minimum absolute atomic E-state index is 0.0522. The molecule has 0 saturated carbocycles. The van der Waals surface area contributed by atoms with Crippen molar-refractivity contribution in [2.75, 3.05) is 56.3 Å². The number of hydrogen-bond donors (Lipinski definition) is 3. The molecule has 0 radical (unpaired) electrons. The smallest absolute Gasteiger partial charge is 0.245 e. The molecule has 240 valence electrons. The lowest BCUT2D eigenvalue weighted by Gasteiger charge is -2.32. The zero-order valence-corrected chi connectivity index (χ0v) is 26.1. The Hall–Kier alpha value is -4.97. The van der Waals surface area contributed by atoms with Gasteiger partial charge < -0.3 is 35.2 Å². The second kappa shape index (κ2) is 14.0. The molecule has 4 aromatic rings. The molecule has 0 aliphatic carbocycles. The lowest BCUT2D eigenvalue weighted by Crippen LogP contribution is -2.41. The highest BCUT2D eigenvalue weighted by Gasteiger charge is 2.23. The van der Waals surface area contributed by atoms with Gasteiger partial charge in [0.1, 0.15) is 41.0 Å². The van der Waals surface area contributed by atoms with E-state index in [2.05, 4.69) is 49.4 Å². The van der Waals surface area contributed by atoms with Gasteiger partial charge in [-0.1, -0.05) is 6.58 Å². The number of piperidine rings is 2. The van der Waals surface area contributed by atoms with E-state index in [9.17, 15) is 4.79 Å². The molecule has 2 aromatic heterocycles. The zero-order chi connectivity index (χ0) is 32.0. The van der Waals surface area contributed by atoms with Crippen LogP contribution in [0.1, 0.15) is 25.7 Å². The van der Waals surface area contributed by atoms with Crippen LogP contribution >= 0.6 is 0 Å². The Morgan fingerprint density at radius 3 is 2.41 bits per heavy atom. The van der Waals surface area contributed by atoms with Crippen molar-refractivity contribution in [3.05, 3.63) is 73.5 Å². The Kier molecular flexibility index (Phi) is 9.43. The van der Waals surface area contributed by atoms with Crippen LogP contribution < -0.4 is 25.4 Å². The number of carbonyl (C=O) groups is 1. The first-order chi connectivity index (χ1) is 22.4. The van der Waals surface area contributed by atoms with Gasteiger partial charge in [-0.3, -0.25) is 4.79 Å². The number of nitrogens with one attached hydrogen (secondary N) is 3. The lowest BCUT2D eigenvalue weighted by molar-refractivity contribution is -0.126. The predicted octanol–water partition coefficient (Wildman–Crippen LogP) is 5.80. The maximum absolute atomic E-state index is 15.4. The fourth-order valence-corrected chi connectivity index (χ4v) is 5.90. The van der Waals surface area contributed by atoms with Gasteiger partial charge in [0.2, 0.25) is 5.91 Å². The van der Waals surface area contributed by atoms with E-state index in [0.29, 0.717) is 53.1 Å². The SMILES string of the molecule is C=CC(=O)N1CCC(Nc2cc3c(Nc4ccc(Oc5ccnc(NC6CCN(C)CC6)c5)cc4F)ncnc3cc2OC)CC1. The van der Waals surface area contributed by atoms with Crippen LogP contribution in [0.4, 0.5) is 27.4 Å². The lowest BCUT2D eigenvalue weighted by atomic mass is 10.0. The molecule has 11 nitrogen and oxygen atoms in total. The molecule has 2 aliphatic heterocycles. The Labute approximate surface area is 267 Å². The number of amides is 1. The number of carbonyl (C=O) groups excluding carboxylic acids is 1. The Balaban J connectivity index is 1.15. The maximum Gasteiger partial charge on any atom is 0.245 e. The zero-order valence-electron chi connectivity index (χ0n) is 26.1. The third-order valence-corrected chi connectivity index (χ3v) is 8.53. The Morgan fingerprint density at radius 1 is 0.935 bits per heavy atom. The van der Waals surface area contributed by atoms with Gasteiger partial charge in [0, 0.05) is 55.0 Å². The van der Waals surface area contributed by atoms with Crippen LogP contribution in [0.2, 0.25) is 0 Å². The van der Waals surface area contributed by atoms with Gasteiger partial charge in [-0.05, 0) is 76.2 Å². The largest absolute Gasteiger partial charge is 0.495 e. The van der Waals surface area contributed by atoms with Gasteiger partial charge in [0.15, 0.2) is 0 Å². The molecule has 0 spiro atoms. The normalized spacial score (nSPS) is 16.2. The number of hydrogen-bond acceptors (Lipinski definition) is 10. The quantitative estimate of drug-likeness (QED) is 0.186. The van der Waals surface area contributed by atoms with Crippen molar-refractivity contribution in [1.82, 2.24) is 24.8 Å². The summed E-state index contributed by atoms with van der Waals surface area (Å²) in [6.07, 6.45) is 8.13. The van der Waals surface area contributed by atoms with Crippen molar-refractivity contribution in [2.45, 2.75) is 37.8 Å². The summed E-state index contributed by atoms with van der Waals surface area (Å²) in [5.74, 6) is 2.21. The van der Waals surface area contributed by atoms with E-state index in [1.165, 1.54) is 18.5 Å². The molecule has 3 N–H and O–H groups in total. The molecule has 6 rings (SSSR count). The van der Waals surface area contributed by atoms with E-state index in [4.69, 9.17) is 9.47 Å². The van der Waals surface area contributed by atoms with Crippen molar-refractivity contribution < 1.29 is 18.7 Å². The average molecular weight is 627 g/mol. The molecule has 1 amide bonds. The monoisotopic (exact) mass is 626 g/mol. The van der Waals surface area contributed by atoms with Gasteiger partial charge in [0.25, 0.3) is 0 Å². The highest BCUT2D eigenvalue weighted by atomic mass is 19.1. The number of likely N-dealkylation sites (tertiary alicyclic amines) is 2. The molecule has 4 heterocycles. The van der Waals surface area contributed by atoms with Crippen molar-refractivity contribution in [1.29, 1.82) is 0 Å². The van der Waals surface area contributed by atoms with E-state index in [1.54, 1.807) is 36.4 Å². The molecule has 2 aromatic carbocycles. The van der Waals surface area contributed by atoms with Crippen LogP contribution in [0.15, 0.2) is 67.6 Å². The second-order valence-corrected chi connectivity index (χ2v) is 11.7. The average Bonchev–Trinajstić information content (AvgIpc) is 3.07. The fraction of sp³-hybridized carbons (Fsp3) is 0.353. The summed E-state index contributed by atoms with van der Waals surface area (Å²) in [5.41, 5.74) is 1.66. The minimum Gasteiger partial charge on any atom is -0.495 e. The highest BCUT2D eigenvalue weighted by Crippen LogP contribution is 2.35. The fourth-order valence-electron chi connectivity index (χ4n) is 5.90. The molecule has 0 unspecified atom stereocenters. The number of methoxy groups -OCH3 is 1. The number of rotatable bonds is 10. The number of benzene rings is 2. The van der Waals surface area contributed by atoms with Crippen LogP contribution in [0, 0.1) is 5.82 Å². The summed E-state index contributed by atoms with van der Waals surface area (Å²) in [4.78, 5) is 29.4. The summed E-state index contributed by atoms with van der Waals surface area (Å²) in [7, 11) is 3.74. The van der Waals surface area contributed by atoms with Gasteiger partial charge in [-0.15, -0.1) is 0 Å². The van der Waals surface area contributed by atoms with E-state index in [1.807, 2.05) is 18.2 Å². The van der Waals surface area contributed by atoms with Crippen molar-refractivity contribution in [2.24, 2.45) is 0 Å². The third-order valence-electron chi connectivity index (χ3n) is 8.53. The first kappa shape index (κ1) is 31.0. The Bertz CT molecular complexity index is 1700. The van der Waals surface area contributed by atoms with Gasteiger partial charge in [-0.2, -0.15) is 0 Å².